The lowest BCUT2D eigenvalue weighted by molar-refractivity contribution is -0.135. The molecular weight excluding hydrogens is 334 g/mol. The number of benzene rings is 1. The number of carbonyl (C=O) groups is 1. The molecule has 0 spiro atoms. The number of aromatic nitrogens is 2. The van der Waals surface area contributed by atoms with Gasteiger partial charge in [0.2, 0.25) is 12.0 Å². The number of hydrogen-bond donors (Lipinski definition) is 1. The maximum Gasteiger partial charge on any atom is 0.265 e. The monoisotopic (exact) mass is 359 g/mol. The van der Waals surface area contributed by atoms with Gasteiger partial charge in [-0.25, -0.2) is 0 Å². The topological polar surface area (TPSA) is 86.5 Å². The molecule has 0 saturated carbocycles. The molecule has 2 aromatic rings. The Labute approximate surface area is 153 Å². The first-order valence-corrected chi connectivity index (χ1v) is 8.67. The average Bonchev–Trinajstić information content (AvgIpc) is 3.05. The zero-order valence-corrected chi connectivity index (χ0v) is 16.0. The quantitative estimate of drug-likeness (QED) is 0.907. The standard InChI is InChI=1S/C19H25N3O4/c1-11-14(25-13-10-8-7-9-12(13)24-11)15(23)21-19(5,6)16-20-17(26-22-16)18(2,3)4/h7-11,14H,1-6H3,(H,21,23). The highest BCUT2D eigenvalue weighted by molar-refractivity contribution is 5.83. The van der Waals surface area contributed by atoms with E-state index in [1.165, 1.54) is 0 Å². The first-order chi connectivity index (χ1) is 12.1. The van der Waals surface area contributed by atoms with Crippen LogP contribution in [0.25, 0.3) is 0 Å². The Morgan fingerprint density at radius 1 is 1.08 bits per heavy atom. The molecule has 0 fully saturated rings. The molecule has 3 rings (SSSR count). The van der Waals surface area contributed by atoms with Crippen LogP contribution in [-0.4, -0.2) is 28.3 Å². The van der Waals surface area contributed by atoms with Crippen molar-refractivity contribution in [2.24, 2.45) is 0 Å². The minimum absolute atomic E-state index is 0.260. The van der Waals surface area contributed by atoms with Gasteiger partial charge in [0, 0.05) is 5.41 Å². The first kappa shape index (κ1) is 18.2. The van der Waals surface area contributed by atoms with Gasteiger partial charge in [-0.1, -0.05) is 38.1 Å². The molecule has 7 heteroatoms. The van der Waals surface area contributed by atoms with Crippen LogP contribution < -0.4 is 14.8 Å². The Bertz CT molecular complexity index is 807. The van der Waals surface area contributed by atoms with E-state index in [0.717, 1.165) is 0 Å². The maximum absolute atomic E-state index is 12.8. The molecule has 26 heavy (non-hydrogen) atoms. The Morgan fingerprint density at radius 3 is 2.27 bits per heavy atom. The molecule has 140 valence electrons. The SMILES string of the molecule is CC1Oc2ccccc2OC1C(=O)NC(C)(C)c1noc(C(C)(C)C)n1. The summed E-state index contributed by atoms with van der Waals surface area (Å²) in [5.74, 6) is 1.84. The smallest absolute Gasteiger partial charge is 0.265 e. The number of rotatable bonds is 3. The molecule has 2 heterocycles. The highest BCUT2D eigenvalue weighted by atomic mass is 16.6. The average molecular weight is 359 g/mol. The minimum atomic E-state index is -0.815. The van der Waals surface area contributed by atoms with Crippen molar-refractivity contribution >= 4 is 5.91 Å². The Balaban J connectivity index is 1.75. The predicted molar refractivity (Wildman–Crippen MR) is 95.1 cm³/mol. The van der Waals surface area contributed by atoms with Crippen molar-refractivity contribution in [2.45, 2.75) is 64.7 Å². The van der Waals surface area contributed by atoms with Crippen LogP contribution in [0.4, 0.5) is 0 Å². The van der Waals surface area contributed by atoms with Gasteiger partial charge < -0.3 is 19.3 Å². The zero-order chi connectivity index (χ0) is 19.1. The molecular formula is C19H25N3O4. The number of nitrogens with zero attached hydrogens (tertiary/aromatic N) is 2. The molecule has 2 unspecified atom stereocenters. The van der Waals surface area contributed by atoms with Gasteiger partial charge in [-0.15, -0.1) is 0 Å². The van der Waals surface area contributed by atoms with Gasteiger partial charge in [-0.05, 0) is 32.9 Å². The largest absolute Gasteiger partial charge is 0.482 e. The Hall–Kier alpha value is -2.57. The van der Waals surface area contributed by atoms with Crippen molar-refractivity contribution in [3.63, 3.8) is 0 Å². The fourth-order valence-electron chi connectivity index (χ4n) is 2.62. The summed E-state index contributed by atoms with van der Waals surface area (Å²) in [6, 6.07) is 7.30. The summed E-state index contributed by atoms with van der Waals surface area (Å²) < 4.78 is 17.0. The van der Waals surface area contributed by atoms with Crippen LogP contribution in [0.5, 0.6) is 11.5 Å². The van der Waals surface area contributed by atoms with E-state index in [0.29, 0.717) is 23.2 Å². The van der Waals surface area contributed by atoms with Crippen molar-refractivity contribution in [2.75, 3.05) is 0 Å². The van der Waals surface area contributed by atoms with Gasteiger partial charge in [0.05, 0.1) is 5.54 Å². The molecule has 0 radical (unpaired) electrons. The number of carbonyl (C=O) groups excluding carboxylic acids is 1. The number of hydrogen-bond acceptors (Lipinski definition) is 6. The van der Waals surface area contributed by atoms with Crippen molar-refractivity contribution in [3.8, 4) is 11.5 Å². The van der Waals surface area contributed by atoms with Crippen molar-refractivity contribution in [1.29, 1.82) is 0 Å². The summed E-state index contributed by atoms with van der Waals surface area (Å²) >= 11 is 0. The van der Waals surface area contributed by atoms with E-state index >= 15 is 0 Å². The highest BCUT2D eigenvalue weighted by Gasteiger charge is 2.38. The van der Waals surface area contributed by atoms with E-state index in [9.17, 15) is 4.79 Å². The fraction of sp³-hybridized carbons (Fsp3) is 0.526. The summed E-state index contributed by atoms with van der Waals surface area (Å²) in [6.45, 7) is 11.4. The fourth-order valence-corrected chi connectivity index (χ4v) is 2.62. The van der Waals surface area contributed by atoms with Gasteiger partial charge in [0.25, 0.3) is 5.91 Å². The van der Waals surface area contributed by atoms with E-state index in [4.69, 9.17) is 14.0 Å². The summed E-state index contributed by atoms with van der Waals surface area (Å²) in [6.07, 6.45) is -1.19. The van der Waals surface area contributed by atoms with Crippen LogP contribution >= 0.6 is 0 Å². The molecule has 1 aliphatic rings. The Morgan fingerprint density at radius 2 is 1.69 bits per heavy atom. The summed E-state index contributed by atoms with van der Waals surface area (Å²) in [5, 5.41) is 6.97. The second-order valence-electron chi connectivity index (χ2n) is 8.10. The maximum atomic E-state index is 12.8. The molecule has 1 N–H and O–H groups in total. The number of para-hydroxylation sites is 2. The molecule has 0 saturated heterocycles. The molecule has 1 amide bonds. The molecule has 0 bridgehead atoms. The lowest BCUT2D eigenvalue weighted by Gasteiger charge is -2.33. The third-order valence-corrected chi connectivity index (χ3v) is 4.16. The van der Waals surface area contributed by atoms with E-state index in [2.05, 4.69) is 15.5 Å². The first-order valence-electron chi connectivity index (χ1n) is 8.67. The number of amides is 1. The van der Waals surface area contributed by atoms with Crippen LogP contribution in [0.1, 0.15) is 53.3 Å². The van der Waals surface area contributed by atoms with Crippen LogP contribution in [0.2, 0.25) is 0 Å². The van der Waals surface area contributed by atoms with E-state index < -0.39 is 17.7 Å². The van der Waals surface area contributed by atoms with E-state index in [1.54, 1.807) is 13.0 Å². The molecule has 7 nitrogen and oxygen atoms in total. The molecule has 0 aliphatic carbocycles. The van der Waals surface area contributed by atoms with Crippen molar-refractivity contribution in [3.05, 3.63) is 36.0 Å². The molecule has 2 atom stereocenters. The van der Waals surface area contributed by atoms with Gasteiger partial charge in [0.1, 0.15) is 6.10 Å². The lowest BCUT2D eigenvalue weighted by atomic mass is 9.96. The Kier molecular flexibility index (Phi) is 4.42. The van der Waals surface area contributed by atoms with Gasteiger partial charge >= 0.3 is 0 Å². The molecule has 1 aromatic heterocycles. The van der Waals surface area contributed by atoms with Crippen LogP contribution in [0.15, 0.2) is 28.8 Å². The van der Waals surface area contributed by atoms with E-state index in [-0.39, 0.29) is 11.3 Å². The number of fused-ring (bicyclic) bond motifs is 1. The summed E-state index contributed by atoms with van der Waals surface area (Å²) in [5.41, 5.74) is -1.08. The normalized spacial score (nSPS) is 19.9. The summed E-state index contributed by atoms with van der Waals surface area (Å²) in [4.78, 5) is 17.3. The summed E-state index contributed by atoms with van der Waals surface area (Å²) in [7, 11) is 0. The third kappa shape index (κ3) is 3.52. The minimum Gasteiger partial charge on any atom is -0.482 e. The second-order valence-corrected chi connectivity index (χ2v) is 8.10. The van der Waals surface area contributed by atoms with Crippen LogP contribution in [-0.2, 0) is 15.7 Å². The number of nitrogens with one attached hydrogen (secondary N) is 1. The zero-order valence-electron chi connectivity index (χ0n) is 16.0. The van der Waals surface area contributed by atoms with Crippen LogP contribution in [0.3, 0.4) is 0 Å². The second kappa shape index (κ2) is 6.30. The van der Waals surface area contributed by atoms with Crippen LogP contribution in [0, 0.1) is 0 Å². The third-order valence-electron chi connectivity index (χ3n) is 4.16. The van der Waals surface area contributed by atoms with E-state index in [1.807, 2.05) is 52.8 Å². The molecule has 1 aromatic carbocycles. The van der Waals surface area contributed by atoms with Gasteiger partial charge in [-0.2, -0.15) is 4.98 Å². The number of ether oxygens (including phenoxy) is 2. The van der Waals surface area contributed by atoms with Crippen molar-refractivity contribution < 1.29 is 18.8 Å². The lowest BCUT2D eigenvalue weighted by Crippen LogP contribution is -2.53. The highest BCUT2D eigenvalue weighted by Crippen LogP contribution is 2.34. The predicted octanol–water partition coefficient (Wildman–Crippen LogP) is 2.95. The molecule has 1 aliphatic heterocycles. The van der Waals surface area contributed by atoms with Gasteiger partial charge in [-0.3, -0.25) is 4.79 Å². The van der Waals surface area contributed by atoms with Gasteiger partial charge in [0.15, 0.2) is 17.3 Å². The van der Waals surface area contributed by atoms with Crippen molar-refractivity contribution in [1.82, 2.24) is 15.5 Å².